The molecule has 0 spiro atoms. The van der Waals surface area contributed by atoms with Gasteiger partial charge < -0.3 is 15.3 Å². The molecule has 0 saturated carbocycles. The Labute approximate surface area is 206 Å². The third-order valence-electron chi connectivity index (χ3n) is 6.64. The molecule has 1 unspecified atom stereocenters. The minimum atomic E-state index is -0.833. The van der Waals surface area contributed by atoms with E-state index < -0.39 is 6.10 Å². The predicted octanol–water partition coefficient (Wildman–Crippen LogP) is 4.14. The van der Waals surface area contributed by atoms with Gasteiger partial charge in [-0.05, 0) is 62.5 Å². The van der Waals surface area contributed by atoms with Crippen LogP contribution >= 0.6 is 0 Å². The number of hydrogen-bond donors (Lipinski definition) is 2. The lowest BCUT2D eigenvalue weighted by molar-refractivity contribution is -0.191. The molecule has 5 rings (SSSR count). The number of benzene rings is 2. The van der Waals surface area contributed by atoms with Gasteiger partial charge in [0.25, 0.3) is 0 Å². The molecule has 2 aromatic carbocycles. The quantitative estimate of drug-likeness (QED) is 0.390. The number of aromatic nitrogens is 2. The van der Waals surface area contributed by atoms with Crippen molar-refractivity contribution in [3.8, 4) is 11.1 Å². The fourth-order valence-corrected chi connectivity index (χ4v) is 4.96. The topological polar surface area (TPSA) is 95.4 Å². The van der Waals surface area contributed by atoms with Crippen molar-refractivity contribution in [2.45, 2.75) is 45.1 Å². The van der Waals surface area contributed by atoms with Crippen molar-refractivity contribution in [2.75, 3.05) is 31.5 Å². The molecule has 2 heterocycles. The summed E-state index contributed by atoms with van der Waals surface area (Å²) in [6, 6.07) is 16.2. The Morgan fingerprint density at radius 2 is 1.80 bits per heavy atom. The molecule has 0 amide bonds. The molecule has 2 aliphatic rings. The summed E-state index contributed by atoms with van der Waals surface area (Å²) in [5, 5.41) is 14.6. The monoisotopic (exact) mass is 472 g/mol. The van der Waals surface area contributed by atoms with Gasteiger partial charge in [-0.2, -0.15) is 9.59 Å². The summed E-state index contributed by atoms with van der Waals surface area (Å²) < 4.78 is 0. The molecule has 3 aromatic rings. The van der Waals surface area contributed by atoms with Crippen molar-refractivity contribution < 1.29 is 14.7 Å². The number of hydrogen-bond acceptors (Lipinski definition) is 7. The first-order valence-corrected chi connectivity index (χ1v) is 12.3. The molecule has 1 aliphatic heterocycles. The highest BCUT2D eigenvalue weighted by molar-refractivity contribution is 5.84. The van der Waals surface area contributed by atoms with Gasteiger partial charge >= 0.3 is 6.15 Å². The van der Waals surface area contributed by atoms with Gasteiger partial charge in [0.15, 0.2) is 5.82 Å². The standard InChI is InChI=1S/C27H32N4O.CO2/c1-19-11-12-22-21(17-19)18-23-24(22)26(28-13-8-16-31-14-6-3-7-15-31)30-27(29-23)25(32)20-9-4-2-5-10-20;2-1-3/h2,4-5,9-12,17,25,32H,3,6-8,13-16,18H2,1H3,(H,28,29,30);. The maximum Gasteiger partial charge on any atom is 0.373 e. The molecule has 7 heteroatoms. The van der Waals surface area contributed by atoms with Crippen LogP contribution in [0.15, 0.2) is 48.5 Å². The predicted molar refractivity (Wildman–Crippen MR) is 134 cm³/mol. The van der Waals surface area contributed by atoms with E-state index in [0.717, 1.165) is 48.6 Å². The zero-order valence-corrected chi connectivity index (χ0v) is 20.2. The highest BCUT2D eigenvalue weighted by Gasteiger charge is 2.27. The van der Waals surface area contributed by atoms with E-state index in [1.807, 2.05) is 30.3 Å². The van der Waals surface area contributed by atoms with E-state index in [1.54, 1.807) is 0 Å². The number of aryl methyl sites for hydroxylation is 1. The first-order chi connectivity index (χ1) is 17.1. The fraction of sp³-hybridized carbons (Fsp3) is 0.393. The lowest BCUT2D eigenvalue weighted by Crippen LogP contribution is -2.31. The van der Waals surface area contributed by atoms with Crippen molar-refractivity contribution in [3.63, 3.8) is 0 Å². The molecule has 1 atom stereocenters. The third-order valence-corrected chi connectivity index (χ3v) is 6.64. The van der Waals surface area contributed by atoms with Crippen molar-refractivity contribution in [2.24, 2.45) is 0 Å². The number of nitrogens with zero attached hydrogens (tertiary/aromatic N) is 3. The van der Waals surface area contributed by atoms with Gasteiger partial charge in [-0.3, -0.25) is 0 Å². The van der Waals surface area contributed by atoms with E-state index in [0.29, 0.717) is 5.82 Å². The van der Waals surface area contributed by atoms with Crippen molar-refractivity contribution in [1.29, 1.82) is 0 Å². The first kappa shape index (κ1) is 24.7. The van der Waals surface area contributed by atoms with Gasteiger partial charge in [0, 0.05) is 18.5 Å². The van der Waals surface area contributed by atoms with E-state index in [-0.39, 0.29) is 6.15 Å². The number of piperidine rings is 1. The molecule has 0 bridgehead atoms. The molecule has 1 aromatic heterocycles. The van der Waals surface area contributed by atoms with E-state index in [2.05, 4.69) is 35.3 Å². The number of fused-ring (bicyclic) bond motifs is 3. The van der Waals surface area contributed by atoms with Crippen molar-refractivity contribution in [3.05, 3.63) is 76.7 Å². The molecule has 35 heavy (non-hydrogen) atoms. The van der Waals surface area contributed by atoms with Gasteiger partial charge in [-0.25, -0.2) is 9.97 Å². The second-order valence-electron chi connectivity index (χ2n) is 9.17. The number of aliphatic hydroxyl groups excluding tert-OH is 1. The highest BCUT2D eigenvalue weighted by atomic mass is 16.3. The normalized spacial score (nSPS) is 15.3. The van der Waals surface area contributed by atoms with Crippen LogP contribution in [0.4, 0.5) is 5.82 Å². The minimum absolute atomic E-state index is 0.250. The number of anilines is 1. The molecule has 1 fully saturated rings. The first-order valence-electron chi connectivity index (χ1n) is 12.3. The maximum atomic E-state index is 11.0. The van der Waals surface area contributed by atoms with Gasteiger partial charge in [0.05, 0.1) is 5.69 Å². The summed E-state index contributed by atoms with van der Waals surface area (Å²) in [6.07, 6.45) is 5.30. The molecule has 1 saturated heterocycles. The summed E-state index contributed by atoms with van der Waals surface area (Å²) >= 11 is 0. The number of nitrogens with one attached hydrogen (secondary N) is 1. The molecular formula is C28H32N4O3. The van der Waals surface area contributed by atoms with E-state index in [1.165, 1.54) is 49.0 Å². The van der Waals surface area contributed by atoms with E-state index in [4.69, 9.17) is 19.6 Å². The molecular weight excluding hydrogens is 440 g/mol. The Hall–Kier alpha value is -3.38. The highest BCUT2D eigenvalue weighted by Crippen LogP contribution is 2.41. The zero-order chi connectivity index (χ0) is 24.6. The van der Waals surface area contributed by atoms with Crippen LogP contribution in [-0.4, -0.2) is 52.3 Å². The summed E-state index contributed by atoms with van der Waals surface area (Å²) in [4.78, 5) is 28.5. The summed E-state index contributed by atoms with van der Waals surface area (Å²) in [6.45, 7) is 6.56. The minimum Gasteiger partial charge on any atom is -0.380 e. The Morgan fingerprint density at radius 1 is 1.06 bits per heavy atom. The number of rotatable bonds is 7. The summed E-state index contributed by atoms with van der Waals surface area (Å²) in [5.41, 5.74) is 6.67. The molecule has 0 radical (unpaired) electrons. The van der Waals surface area contributed by atoms with E-state index >= 15 is 0 Å². The van der Waals surface area contributed by atoms with Crippen LogP contribution in [-0.2, 0) is 16.0 Å². The number of carbonyl (C=O) groups excluding carboxylic acids is 2. The van der Waals surface area contributed by atoms with Gasteiger partial charge in [-0.15, -0.1) is 0 Å². The maximum absolute atomic E-state index is 11.0. The Morgan fingerprint density at radius 3 is 2.54 bits per heavy atom. The largest absolute Gasteiger partial charge is 0.380 e. The Balaban J connectivity index is 0.000000917. The van der Waals surface area contributed by atoms with Crippen LogP contribution in [0.3, 0.4) is 0 Å². The molecule has 1 aliphatic carbocycles. The van der Waals surface area contributed by atoms with Gasteiger partial charge in [0.2, 0.25) is 0 Å². The Bertz CT molecular complexity index is 1170. The van der Waals surface area contributed by atoms with Crippen LogP contribution in [0.25, 0.3) is 11.1 Å². The third kappa shape index (κ3) is 6.01. The van der Waals surface area contributed by atoms with Crippen LogP contribution < -0.4 is 5.32 Å². The van der Waals surface area contributed by atoms with Crippen LogP contribution in [0.1, 0.15) is 60.0 Å². The SMILES string of the molecule is Cc1ccc2c(c1)Cc1nc(C(O)c3ccccc3)nc(NCCCN3CCCCC3)c1-2.O=C=O. The zero-order valence-electron chi connectivity index (χ0n) is 20.2. The molecule has 2 N–H and O–H groups in total. The Kier molecular flexibility index (Phi) is 8.37. The van der Waals surface area contributed by atoms with Gasteiger partial charge in [0.1, 0.15) is 11.9 Å². The fourth-order valence-electron chi connectivity index (χ4n) is 4.96. The van der Waals surface area contributed by atoms with Crippen LogP contribution in [0.2, 0.25) is 0 Å². The smallest absolute Gasteiger partial charge is 0.373 e. The molecule has 182 valence electrons. The average Bonchev–Trinajstić information content (AvgIpc) is 3.25. The lowest BCUT2D eigenvalue weighted by Gasteiger charge is -2.26. The second kappa shape index (κ2) is 11.8. The van der Waals surface area contributed by atoms with Gasteiger partial charge in [-0.1, -0.05) is 60.5 Å². The summed E-state index contributed by atoms with van der Waals surface area (Å²) in [5.74, 6) is 1.32. The van der Waals surface area contributed by atoms with E-state index in [9.17, 15) is 5.11 Å². The lowest BCUT2D eigenvalue weighted by atomic mass is 10.0. The van der Waals surface area contributed by atoms with Crippen LogP contribution in [0.5, 0.6) is 0 Å². The van der Waals surface area contributed by atoms with Crippen LogP contribution in [0, 0.1) is 6.92 Å². The number of likely N-dealkylation sites (tertiary alicyclic amines) is 1. The van der Waals surface area contributed by atoms with Crippen molar-refractivity contribution in [1.82, 2.24) is 14.9 Å². The number of aliphatic hydroxyl groups is 1. The summed E-state index contributed by atoms with van der Waals surface area (Å²) in [7, 11) is 0. The van der Waals surface area contributed by atoms with Crippen molar-refractivity contribution >= 4 is 12.0 Å². The second-order valence-corrected chi connectivity index (χ2v) is 9.17. The molecule has 7 nitrogen and oxygen atoms in total. The average molecular weight is 473 g/mol.